The summed E-state index contributed by atoms with van der Waals surface area (Å²) < 4.78 is 0. The van der Waals surface area contributed by atoms with Gasteiger partial charge in [-0.1, -0.05) is 20.8 Å². The molecule has 1 aliphatic heterocycles. The maximum absolute atomic E-state index is 11.8. The number of hydrogen-bond acceptors (Lipinski definition) is 3. The van der Waals surface area contributed by atoms with Gasteiger partial charge in [0.2, 0.25) is 5.91 Å². The molecule has 4 nitrogen and oxygen atoms in total. The molecule has 0 aromatic heterocycles. The second-order valence-electron chi connectivity index (χ2n) is 5.40. The number of piperidine rings is 1. The topological polar surface area (TPSA) is 67.2 Å². The molecule has 4 N–H and O–H groups in total. The summed E-state index contributed by atoms with van der Waals surface area (Å²) in [6.45, 7) is 7.86. The standard InChI is InChI=1S/C11H23N3O/c1-11(2,3)9(12)10(15)14-8-5-4-6-13-7-8/h8-9,13H,4-7,12H2,1-3H3,(H,14,15)/t8-,9+/m0/s1. The van der Waals surface area contributed by atoms with Crippen molar-refractivity contribution in [3.8, 4) is 0 Å². The molecule has 0 unspecified atom stereocenters. The Hall–Kier alpha value is -0.610. The van der Waals surface area contributed by atoms with Gasteiger partial charge in [0.15, 0.2) is 0 Å². The minimum absolute atomic E-state index is 0.0313. The monoisotopic (exact) mass is 213 g/mol. The van der Waals surface area contributed by atoms with E-state index in [1.54, 1.807) is 0 Å². The Kier molecular flexibility index (Phi) is 4.11. The SMILES string of the molecule is CC(C)(C)[C@H](N)C(=O)N[C@H]1CCCNC1. The number of carbonyl (C=O) groups excluding carboxylic acids is 1. The molecule has 2 atom stereocenters. The van der Waals surface area contributed by atoms with Gasteiger partial charge in [0.1, 0.15) is 0 Å². The van der Waals surface area contributed by atoms with Gasteiger partial charge >= 0.3 is 0 Å². The molecule has 0 bridgehead atoms. The predicted octanol–water partition coefficient (Wildman–Crippen LogP) is 0.228. The fourth-order valence-electron chi connectivity index (χ4n) is 1.66. The zero-order chi connectivity index (χ0) is 11.5. The minimum atomic E-state index is -0.431. The second-order valence-corrected chi connectivity index (χ2v) is 5.40. The largest absolute Gasteiger partial charge is 0.351 e. The van der Waals surface area contributed by atoms with Gasteiger partial charge in [0.05, 0.1) is 6.04 Å². The molecule has 1 heterocycles. The van der Waals surface area contributed by atoms with E-state index in [1.807, 2.05) is 20.8 Å². The maximum Gasteiger partial charge on any atom is 0.237 e. The van der Waals surface area contributed by atoms with E-state index in [0.29, 0.717) is 0 Å². The summed E-state index contributed by atoms with van der Waals surface area (Å²) in [4.78, 5) is 11.8. The number of rotatable bonds is 2. The first-order valence-corrected chi connectivity index (χ1v) is 5.68. The summed E-state index contributed by atoms with van der Waals surface area (Å²) in [5.74, 6) is -0.0313. The van der Waals surface area contributed by atoms with E-state index in [4.69, 9.17) is 5.73 Å². The lowest BCUT2D eigenvalue weighted by Crippen LogP contribution is -2.54. The molecule has 88 valence electrons. The Morgan fingerprint density at radius 3 is 2.67 bits per heavy atom. The van der Waals surface area contributed by atoms with Gasteiger partial charge in [-0.15, -0.1) is 0 Å². The quantitative estimate of drug-likeness (QED) is 0.615. The molecule has 0 spiro atoms. The molecular weight excluding hydrogens is 190 g/mol. The van der Waals surface area contributed by atoms with Crippen LogP contribution in [0.4, 0.5) is 0 Å². The van der Waals surface area contributed by atoms with Gasteiger partial charge in [0, 0.05) is 12.6 Å². The highest BCUT2D eigenvalue weighted by Crippen LogP contribution is 2.17. The summed E-state index contributed by atoms with van der Waals surface area (Å²) >= 11 is 0. The minimum Gasteiger partial charge on any atom is -0.351 e. The van der Waals surface area contributed by atoms with Gasteiger partial charge in [-0.3, -0.25) is 4.79 Å². The van der Waals surface area contributed by atoms with Crippen molar-refractivity contribution in [3.63, 3.8) is 0 Å². The summed E-state index contributed by atoms with van der Waals surface area (Å²) in [5, 5.41) is 6.26. The zero-order valence-corrected chi connectivity index (χ0v) is 9.97. The Labute approximate surface area is 92.0 Å². The van der Waals surface area contributed by atoms with Crippen LogP contribution < -0.4 is 16.4 Å². The molecule has 1 saturated heterocycles. The molecule has 4 heteroatoms. The van der Waals surface area contributed by atoms with Crippen molar-refractivity contribution < 1.29 is 4.79 Å². The van der Waals surface area contributed by atoms with Crippen molar-refractivity contribution in [2.45, 2.75) is 45.7 Å². The summed E-state index contributed by atoms with van der Waals surface area (Å²) in [6.07, 6.45) is 2.17. The van der Waals surface area contributed by atoms with E-state index < -0.39 is 6.04 Å². The van der Waals surface area contributed by atoms with Crippen LogP contribution in [-0.2, 0) is 4.79 Å². The van der Waals surface area contributed by atoms with E-state index in [0.717, 1.165) is 25.9 Å². The zero-order valence-electron chi connectivity index (χ0n) is 9.97. The number of hydrogen-bond donors (Lipinski definition) is 3. The summed E-state index contributed by atoms with van der Waals surface area (Å²) in [5.41, 5.74) is 5.70. The summed E-state index contributed by atoms with van der Waals surface area (Å²) in [6, 6.07) is -0.181. The van der Waals surface area contributed by atoms with Crippen LogP contribution in [0, 0.1) is 5.41 Å². The Morgan fingerprint density at radius 1 is 1.53 bits per heavy atom. The number of nitrogens with two attached hydrogens (primary N) is 1. The van der Waals surface area contributed by atoms with Crippen molar-refractivity contribution in [1.82, 2.24) is 10.6 Å². The highest BCUT2D eigenvalue weighted by molar-refractivity contribution is 5.82. The Bertz CT molecular complexity index is 216. The van der Waals surface area contributed by atoms with Crippen LogP contribution in [0.25, 0.3) is 0 Å². The van der Waals surface area contributed by atoms with Crippen molar-refractivity contribution in [1.29, 1.82) is 0 Å². The molecule has 0 saturated carbocycles. The maximum atomic E-state index is 11.8. The first-order chi connectivity index (χ1) is 6.91. The van der Waals surface area contributed by atoms with Crippen molar-refractivity contribution in [2.75, 3.05) is 13.1 Å². The first kappa shape index (κ1) is 12.5. The molecule has 0 aromatic rings. The Balaban J connectivity index is 2.40. The van der Waals surface area contributed by atoms with E-state index in [1.165, 1.54) is 0 Å². The highest BCUT2D eigenvalue weighted by atomic mass is 16.2. The summed E-state index contributed by atoms with van der Waals surface area (Å²) in [7, 11) is 0. The van der Waals surface area contributed by atoms with Gasteiger partial charge in [-0.2, -0.15) is 0 Å². The van der Waals surface area contributed by atoms with E-state index in [9.17, 15) is 4.79 Å². The van der Waals surface area contributed by atoms with Crippen molar-refractivity contribution in [2.24, 2.45) is 11.1 Å². The van der Waals surface area contributed by atoms with Gasteiger partial charge < -0.3 is 16.4 Å². The van der Waals surface area contributed by atoms with Gasteiger partial charge in [-0.05, 0) is 24.8 Å². The third-order valence-corrected chi connectivity index (χ3v) is 2.86. The molecular formula is C11H23N3O. The smallest absolute Gasteiger partial charge is 0.237 e. The molecule has 0 aliphatic carbocycles. The molecule has 1 amide bonds. The second kappa shape index (κ2) is 4.94. The van der Waals surface area contributed by atoms with Gasteiger partial charge in [0.25, 0.3) is 0 Å². The lowest BCUT2D eigenvalue weighted by molar-refractivity contribution is -0.125. The van der Waals surface area contributed by atoms with Crippen LogP contribution in [0.3, 0.4) is 0 Å². The highest BCUT2D eigenvalue weighted by Gasteiger charge is 2.28. The fourth-order valence-corrected chi connectivity index (χ4v) is 1.66. The van der Waals surface area contributed by atoms with Crippen molar-refractivity contribution in [3.05, 3.63) is 0 Å². The third-order valence-electron chi connectivity index (χ3n) is 2.86. The third kappa shape index (κ3) is 3.80. The first-order valence-electron chi connectivity index (χ1n) is 5.68. The van der Waals surface area contributed by atoms with E-state index in [2.05, 4.69) is 10.6 Å². The molecule has 1 aliphatic rings. The lowest BCUT2D eigenvalue weighted by atomic mass is 9.86. The number of carbonyl (C=O) groups is 1. The molecule has 1 fully saturated rings. The number of nitrogens with one attached hydrogen (secondary N) is 2. The van der Waals surface area contributed by atoms with Crippen molar-refractivity contribution >= 4 is 5.91 Å². The van der Waals surface area contributed by atoms with E-state index in [-0.39, 0.29) is 17.4 Å². The van der Waals surface area contributed by atoms with E-state index >= 15 is 0 Å². The lowest BCUT2D eigenvalue weighted by Gasteiger charge is -2.30. The van der Waals surface area contributed by atoms with Crippen LogP contribution in [0.15, 0.2) is 0 Å². The van der Waals surface area contributed by atoms with Crippen LogP contribution in [0.5, 0.6) is 0 Å². The predicted molar refractivity (Wildman–Crippen MR) is 61.5 cm³/mol. The van der Waals surface area contributed by atoms with Crippen LogP contribution in [-0.4, -0.2) is 31.1 Å². The van der Waals surface area contributed by atoms with Crippen LogP contribution >= 0.6 is 0 Å². The van der Waals surface area contributed by atoms with Crippen LogP contribution in [0.1, 0.15) is 33.6 Å². The molecule has 0 aromatic carbocycles. The average molecular weight is 213 g/mol. The normalized spacial score (nSPS) is 24.7. The molecule has 1 rings (SSSR count). The van der Waals surface area contributed by atoms with Gasteiger partial charge in [-0.25, -0.2) is 0 Å². The fraction of sp³-hybridized carbons (Fsp3) is 0.909. The Morgan fingerprint density at radius 2 is 2.20 bits per heavy atom. The molecule has 15 heavy (non-hydrogen) atoms. The van der Waals surface area contributed by atoms with Crippen LogP contribution in [0.2, 0.25) is 0 Å². The average Bonchev–Trinajstić information content (AvgIpc) is 2.16. The molecule has 0 radical (unpaired) electrons. The number of amides is 1.